The molecule has 156 valence electrons. The minimum Gasteiger partial charge on any atom is -0.497 e. The highest BCUT2D eigenvalue weighted by Crippen LogP contribution is 2.37. The number of pyridine rings is 1. The molecule has 2 aromatic heterocycles. The van der Waals surface area contributed by atoms with E-state index in [4.69, 9.17) is 21.1 Å². The second-order valence-corrected chi connectivity index (χ2v) is 7.87. The van der Waals surface area contributed by atoms with Crippen LogP contribution in [0.4, 0.5) is 5.13 Å². The van der Waals surface area contributed by atoms with Crippen LogP contribution in [-0.4, -0.2) is 23.0 Å². The molecule has 0 saturated carbocycles. The summed E-state index contributed by atoms with van der Waals surface area (Å²) in [7, 11) is 1.62. The van der Waals surface area contributed by atoms with Crippen molar-refractivity contribution in [1.29, 1.82) is 0 Å². The number of methoxy groups -OCH3 is 1. The van der Waals surface area contributed by atoms with Gasteiger partial charge in [-0.05, 0) is 55.0 Å². The normalized spacial score (nSPS) is 10.5. The van der Waals surface area contributed by atoms with Gasteiger partial charge in [0.25, 0.3) is 5.91 Å². The number of hydrogen-bond donors (Lipinski definition) is 1. The van der Waals surface area contributed by atoms with Gasteiger partial charge in [-0.3, -0.25) is 15.1 Å². The second-order valence-electron chi connectivity index (χ2n) is 6.60. The number of aromatic nitrogens is 2. The summed E-state index contributed by atoms with van der Waals surface area (Å²) >= 11 is 7.90. The van der Waals surface area contributed by atoms with Gasteiger partial charge in [0, 0.05) is 35.0 Å². The summed E-state index contributed by atoms with van der Waals surface area (Å²) in [4.78, 5) is 20.8. The summed E-state index contributed by atoms with van der Waals surface area (Å²) in [6.45, 7) is 1.94. The Morgan fingerprint density at radius 3 is 2.42 bits per heavy atom. The fourth-order valence-electron chi connectivity index (χ4n) is 2.99. The van der Waals surface area contributed by atoms with Crippen LogP contribution < -0.4 is 14.8 Å². The first kappa shape index (κ1) is 20.8. The van der Waals surface area contributed by atoms with Crippen molar-refractivity contribution in [1.82, 2.24) is 9.97 Å². The first-order chi connectivity index (χ1) is 15.0. The molecule has 1 N–H and O–H groups in total. The molecule has 8 heteroatoms. The molecule has 0 radical (unpaired) electrons. The van der Waals surface area contributed by atoms with Gasteiger partial charge in [0.2, 0.25) is 0 Å². The predicted molar refractivity (Wildman–Crippen MR) is 123 cm³/mol. The molecule has 0 unspecified atom stereocenters. The van der Waals surface area contributed by atoms with E-state index in [1.54, 1.807) is 37.7 Å². The SMILES string of the molecule is COc1ccc(Oc2cc(C)c(-c3csc(NC(=O)c4ccncc4)n3)c(Cl)c2)cc1. The van der Waals surface area contributed by atoms with Crippen molar-refractivity contribution in [3.05, 3.63) is 82.5 Å². The number of benzene rings is 2. The molecule has 0 aliphatic carbocycles. The summed E-state index contributed by atoms with van der Waals surface area (Å²) in [6, 6.07) is 14.3. The lowest BCUT2D eigenvalue weighted by Crippen LogP contribution is -2.11. The van der Waals surface area contributed by atoms with E-state index in [1.165, 1.54) is 11.3 Å². The Kier molecular flexibility index (Phi) is 6.16. The van der Waals surface area contributed by atoms with Crippen LogP contribution in [0.5, 0.6) is 17.2 Å². The maximum atomic E-state index is 12.3. The zero-order valence-electron chi connectivity index (χ0n) is 16.8. The van der Waals surface area contributed by atoms with Gasteiger partial charge in [-0.15, -0.1) is 11.3 Å². The highest BCUT2D eigenvalue weighted by atomic mass is 35.5. The molecule has 0 bridgehead atoms. The molecular formula is C23H18ClN3O3S. The third kappa shape index (κ3) is 4.84. The molecule has 1 amide bonds. The third-order valence-corrected chi connectivity index (χ3v) is 5.54. The zero-order chi connectivity index (χ0) is 21.8. The number of carbonyl (C=O) groups excluding carboxylic acids is 1. The second kappa shape index (κ2) is 9.16. The van der Waals surface area contributed by atoms with Crippen LogP contribution in [0.25, 0.3) is 11.3 Å². The lowest BCUT2D eigenvalue weighted by atomic mass is 10.1. The molecule has 0 saturated heterocycles. The van der Waals surface area contributed by atoms with Crippen LogP contribution in [0.15, 0.2) is 66.3 Å². The summed E-state index contributed by atoms with van der Waals surface area (Å²) in [6.07, 6.45) is 3.14. The van der Waals surface area contributed by atoms with Crippen LogP contribution in [0.2, 0.25) is 5.02 Å². The lowest BCUT2D eigenvalue weighted by Gasteiger charge is -2.11. The molecule has 2 aromatic carbocycles. The smallest absolute Gasteiger partial charge is 0.257 e. The van der Waals surface area contributed by atoms with Crippen molar-refractivity contribution in [3.63, 3.8) is 0 Å². The fraction of sp³-hybridized carbons (Fsp3) is 0.0870. The van der Waals surface area contributed by atoms with Crippen LogP contribution in [0.1, 0.15) is 15.9 Å². The van der Waals surface area contributed by atoms with Crippen molar-refractivity contribution >= 4 is 34.0 Å². The Morgan fingerprint density at radius 1 is 1.03 bits per heavy atom. The highest BCUT2D eigenvalue weighted by Gasteiger charge is 2.15. The van der Waals surface area contributed by atoms with Crippen LogP contribution >= 0.6 is 22.9 Å². The number of carbonyl (C=O) groups is 1. The number of nitrogens with one attached hydrogen (secondary N) is 1. The van der Waals surface area contributed by atoms with E-state index in [0.29, 0.717) is 32.9 Å². The Labute approximate surface area is 188 Å². The number of halogens is 1. The van der Waals surface area contributed by atoms with Gasteiger partial charge in [-0.25, -0.2) is 4.98 Å². The molecule has 0 spiro atoms. The summed E-state index contributed by atoms with van der Waals surface area (Å²) < 4.78 is 11.1. The Hall–Kier alpha value is -3.42. The summed E-state index contributed by atoms with van der Waals surface area (Å²) in [5, 5.41) is 5.67. The average Bonchev–Trinajstić information content (AvgIpc) is 3.22. The molecule has 0 aliphatic heterocycles. The molecule has 6 nitrogen and oxygen atoms in total. The van der Waals surface area contributed by atoms with Crippen molar-refractivity contribution in [3.8, 4) is 28.5 Å². The molecule has 0 fully saturated rings. The summed E-state index contributed by atoms with van der Waals surface area (Å²) in [5.41, 5.74) is 2.91. The summed E-state index contributed by atoms with van der Waals surface area (Å²) in [5.74, 6) is 1.82. The van der Waals surface area contributed by atoms with Crippen molar-refractivity contribution in [2.24, 2.45) is 0 Å². The zero-order valence-corrected chi connectivity index (χ0v) is 18.3. The first-order valence-electron chi connectivity index (χ1n) is 9.33. The predicted octanol–water partition coefficient (Wildman–Crippen LogP) is 6.22. The van der Waals surface area contributed by atoms with Gasteiger partial charge in [0.15, 0.2) is 5.13 Å². The number of thiazole rings is 1. The lowest BCUT2D eigenvalue weighted by molar-refractivity contribution is 0.102. The number of aryl methyl sites for hydroxylation is 1. The topological polar surface area (TPSA) is 73.3 Å². The van der Waals surface area contributed by atoms with Crippen LogP contribution in [0, 0.1) is 6.92 Å². The maximum absolute atomic E-state index is 12.3. The van der Waals surface area contributed by atoms with E-state index in [0.717, 1.165) is 16.9 Å². The van der Waals surface area contributed by atoms with E-state index in [1.807, 2.05) is 42.6 Å². The van der Waals surface area contributed by atoms with Gasteiger partial charge in [-0.2, -0.15) is 0 Å². The van der Waals surface area contributed by atoms with E-state index >= 15 is 0 Å². The van der Waals surface area contributed by atoms with Gasteiger partial charge >= 0.3 is 0 Å². The number of ether oxygens (including phenoxy) is 2. The van der Waals surface area contributed by atoms with Crippen molar-refractivity contribution < 1.29 is 14.3 Å². The molecule has 0 atom stereocenters. The number of anilines is 1. The molecule has 0 aliphatic rings. The monoisotopic (exact) mass is 451 g/mol. The minimum atomic E-state index is -0.241. The Morgan fingerprint density at radius 2 is 1.74 bits per heavy atom. The Bertz CT molecular complexity index is 1190. The van der Waals surface area contributed by atoms with Crippen LogP contribution in [0.3, 0.4) is 0 Å². The number of rotatable bonds is 6. The molecular weight excluding hydrogens is 434 g/mol. The molecule has 4 rings (SSSR count). The molecule has 4 aromatic rings. The number of nitrogens with zero attached hydrogens (tertiary/aromatic N) is 2. The Balaban J connectivity index is 1.52. The number of hydrogen-bond acceptors (Lipinski definition) is 6. The first-order valence-corrected chi connectivity index (χ1v) is 10.6. The van der Waals surface area contributed by atoms with E-state index in [-0.39, 0.29) is 5.91 Å². The van der Waals surface area contributed by atoms with Crippen LogP contribution in [-0.2, 0) is 0 Å². The van der Waals surface area contributed by atoms with Gasteiger partial charge in [-0.1, -0.05) is 11.6 Å². The van der Waals surface area contributed by atoms with E-state index < -0.39 is 0 Å². The molecule has 31 heavy (non-hydrogen) atoms. The fourth-order valence-corrected chi connectivity index (χ4v) is 4.04. The molecule has 2 heterocycles. The minimum absolute atomic E-state index is 0.241. The average molecular weight is 452 g/mol. The van der Waals surface area contributed by atoms with Gasteiger partial charge < -0.3 is 9.47 Å². The van der Waals surface area contributed by atoms with Gasteiger partial charge in [0.1, 0.15) is 17.2 Å². The van der Waals surface area contributed by atoms with E-state index in [9.17, 15) is 4.79 Å². The van der Waals surface area contributed by atoms with Crippen molar-refractivity contribution in [2.75, 3.05) is 12.4 Å². The number of amides is 1. The van der Waals surface area contributed by atoms with Crippen molar-refractivity contribution in [2.45, 2.75) is 6.92 Å². The van der Waals surface area contributed by atoms with E-state index in [2.05, 4.69) is 15.3 Å². The highest BCUT2D eigenvalue weighted by molar-refractivity contribution is 7.14. The quantitative estimate of drug-likeness (QED) is 0.376. The standard InChI is InChI=1S/C23H18ClN3O3S/c1-14-11-18(30-17-5-3-16(29-2)4-6-17)12-19(24)21(14)20-13-31-23(26-20)27-22(28)15-7-9-25-10-8-15/h3-13H,1-2H3,(H,26,27,28). The van der Waals surface area contributed by atoms with Gasteiger partial charge in [0.05, 0.1) is 17.8 Å². The maximum Gasteiger partial charge on any atom is 0.257 e. The third-order valence-electron chi connectivity index (χ3n) is 4.48. The largest absolute Gasteiger partial charge is 0.497 e.